The van der Waals surface area contributed by atoms with Crippen LogP contribution in [0, 0.1) is 13.8 Å². The van der Waals surface area contributed by atoms with E-state index in [1.165, 1.54) is 27.1 Å². The number of benzene rings is 2. The summed E-state index contributed by atoms with van der Waals surface area (Å²) in [5.41, 5.74) is 6.67. The molecule has 1 aromatic heterocycles. The van der Waals surface area contributed by atoms with E-state index in [4.69, 9.17) is 9.47 Å². The molecule has 33 heavy (non-hydrogen) atoms. The van der Waals surface area contributed by atoms with Crippen molar-refractivity contribution in [3.63, 3.8) is 0 Å². The molecule has 0 bridgehead atoms. The first-order valence-corrected chi connectivity index (χ1v) is 12.3. The fraction of sp³-hybridized carbons (Fsp3) is 0.423. The zero-order valence-corrected chi connectivity index (χ0v) is 19.8. The van der Waals surface area contributed by atoms with Crippen LogP contribution in [0.2, 0.25) is 0 Å². The highest BCUT2D eigenvalue weighted by atomic mass is 32.1. The molecule has 1 saturated heterocycles. The number of aliphatic hydroxyl groups is 2. The van der Waals surface area contributed by atoms with Gasteiger partial charge in [-0.15, -0.1) is 11.3 Å². The summed E-state index contributed by atoms with van der Waals surface area (Å²) in [6.07, 6.45) is 2.64. The van der Waals surface area contributed by atoms with Crippen LogP contribution in [0.4, 0.5) is 0 Å². The molecule has 174 valence electrons. The van der Waals surface area contributed by atoms with Gasteiger partial charge in [-0.1, -0.05) is 24.3 Å². The molecule has 3 atom stereocenters. The van der Waals surface area contributed by atoms with E-state index < -0.39 is 12.3 Å². The first kappa shape index (κ1) is 22.5. The van der Waals surface area contributed by atoms with E-state index >= 15 is 0 Å². The minimum atomic E-state index is -0.913. The van der Waals surface area contributed by atoms with E-state index in [1.807, 2.05) is 6.20 Å². The molecule has 0 saturated carbocycles. The first-order chi connectivity index (χ1) is 16.0. The molecule has 3 N–H and O–H groups in total. The minimum absolute atomic E-state index is 0.211. The van der Waals surface area contributed by atoms with Gasteiger partial charge >= 0.3 is 0 Å². The molecule has 0 amide bonds. The summed E-state index contributed by atoms with van der Waals surface area (Å²) in [5.74, 6) is 0.785. The lowest BCUT2D eigenvalue weighted by molar-refractivity contribution is -0.0428. The average molecular weight is 467 g/mol. The van der Waals surface area contributed by atoms with E-state index in [0.717, 1.165) is 34.7 Å². The van der Waals surface area contributed by atoms with Crippen LogP contribution in [0.3, 0.4) is 0 Å². The smallest absolute Gasteiger partial charge is 0.135 e. The van der Waals surface area contributed by atoms with Crippen molar-refractivity contribution in [3.05, 3.63) is 69.2 Å². The third-order valence-electron chi connectivity index (χ3n) is 6.61. The van der Waals surface area contributed by atoms with Gasteiger partial charge in [-0.05, 0) is 49.4 Å². The molecule has 2 aliphatic heterocycles. The zero-order valence-electron chi connectivity index (χ0n) is 19.0. The van der Waals surface area contributed by atoms with Crippen molar-refractivity contribution in [1.29, 1.82) is 0 Å². The van der Waals surface area contributed by atoms with E-state index in [2.05, 4.69) is 54.5 Å². The van der Waals surface area contributed by atoms with Gasteiger partial charge in [0.05, 0.1) is 19.3 Å². The monoisotopic (exact) mass is 466 g/mol. The molecule has 0 radical (unpaired) electrons. The average Bonchev–Trinajstić information content (AvgIpc) is 3.47. The van der Waals surface area contributed by atoms with Crippen LogP contribution in [0.15, 0.2) is 36.5 Å². The lowest BCUT2D eigenvalue weighted by Gasteiger charge is -2.31. The third-order valence-corrected chi connectivity index (χ3v) is 7.57. The Morgan fingerprint density at radius 2 is 2.03 bits per heavy atom. The Balaban J connectivity index is 1.40. The first-order valence-electron chi connectivity index (χ1n) is 11.5. The van der Waals surface area contributed by atoms with Gasteiger partial charge in [0.15, 0.2) is 0 Å². The Kier molecular flexibility index (Phi) is 6.49. The quantitative estimate of drug-likeness (QED) is 0.481. The normalized spacial score (nSPS) is 21.0. The number of thiazole rings is 1. The van der Waals surface area contributed by atoms with E-state index in [0.29, 0.717) is 19.6 Å². The molecule has 5 rings (SSSR count). The summed E-state index contributed by atoms with van der Waals surface area (Å²) in [4.78, 5) is 5.69. The lowest BCUT2D eigenvalue weighted by atomic mass is 9.91. The summed E-state index contributed by atoms with van der Waals surface area (Å²) in [6, 6.07) is 10.4. The van der Waals surface area contributed by atoms with E-state index in [1.54, 1.807) is 11.3 Å². The number of hydrogen-bond donors (Lipinski definition) is 3. The summed E-state index contributed by atoms with van der Waals surface area (Å²) in [6.45, 7) is 5.70. The van der Waals surface area contributed by atoms with Gasteiger partial charge in [0.25, 0.3) is 0 Å². The fourth-order valence-corrected chi connectivity index (χ4v) is 5.47. The predicted octanol–water partition coefficient (Wildman–Crippen LogP) is 3.68. The second kappa shape index (κ2) is 9.52. The predicted molar refractivity (Wildman–Crippen MR) is 129 cm³/mol. The Labute approximate surface area is 198 Å². The summed E-state index contributed by atoms with van der Waals surface area (Å²) < 4.78 is 11.2. The minimum Gasteiger partial charge on any atom is -0.492 e. The van der Waals surface area contributed by atoms with Gasteiger partial charge in [0.2, 0.25) is 0 Å². The highest BCUT2D eigenvalue weighted by molar-refractivity contribution is 7.14. The van der Waals surface area contributed by atoms with Crippen molar-refractivity contribution >= 4 is 11.3 Å². The van der Waals surface area contributed by atoms with Gasteiger partial charge in [-0.3, -0.25) is 5.32 Å². The number of fused-ring (bicyclic) bond motifs is 1. The second-order valence-corrected chi connectivity index (χ2v) is 10.1. The number of hydrogen-bond acceptors (Lipinski definition) is 7. The highest BCUT2D eigenvalue weighted by Crippen LogP contribution is 2.38. The van der Waals surface area contributed by atoms with Crippen molar-refractivity contribution in [3.8, 4) is 16.3 Å². The number of aliphatic hydroxyl groups excluding tert-OH is 2. The van der Waals surface area contributed by atoms with Crippen LogP contribution >= 0.6 is 11.3 Å². The van der Waals surface area contributed by atoms with Gasteiger partial charge in [-0.2, -0.15) is 0 Å². The zero-order chi connectivity index (χ0) is 22.9. The van der Waals surface area contributed by atoms with Crippen molar-refractivity contribution in [2.24, 2.45) is 0 Å². The Bertz CT molecular complexity index is 1130. The third kappa shape index (κ3) is 4.69. The van der Waals surface area contributed by atoms with Gasteiger partial charge in [0, 0.05) is 46.8 Å². The second-order valence-electron chi connectivity index (χ2n) is 8.91. The number of nitrogens with one attached hydrogen (secondary N) is 1. The lowest BCUT2D eigenvalue weighted by Crippen LogP contribution is -2.47. The largest absolute Gasteiger partial charge is 0.492 e. The van der Waals surface area contributed by atoms with Crippen LogP contribution in [-0.2, 0) is 17.6 Å². The molecule has 2 aliphatic rings. The molecule has 1 fully saturated rings. The molecular weight excluding hydrogens is 436 g/mol. The summed E-state index contributed by atoms with van der Waals surface area (Å²) in [5, 5.41) is 25.5. The topological polar surface area (TPSA) is 83.8 Å². The molecule has 3 aromatic rings. The Morgan fingerprint density at radius 1 is 1.21 bits per heavy atom. The highest BCUT2D eigenvalue weighted by Gasteiger charge is 2.30. The van der Waals surface area contributed by atoms with Gasteiger partial charge in [0.1, 0.15) is 17.0 Å². The van der Waals surface area contributed by atoms with Crippen LogP contribution < -0.4 is 10.1 Å². The van der Waals surface area contributed by atoms with Crippen molar-refractivity contribution in [2.45, 2.75) is 51.5 Å². The van der Waals surface area contributed by atoms with E-state index in [-0.39, 0.29) is 12.6 Å². The molecule has 0 aliphatic carbocycles. The maximum absolute atomic E-state index is 11.1. The number of aryl methyl sites for hydroxylation is 1. The molecule has 2 aromatic carbocycles. The molecule has 7 heteroatoms. The molecule has 1 unspecified atom stereocenters. The number of aromatic nitrogens is 1. The van der Waals surface area contributed by atoms with Gasteiger partial charge in [-0.25, -0.2) is 4.98 Å². The standard InChI is InChI=1S/C26H30N2O4S/c1-15-13-27-26(33-15)18-5-3-17(4-6-18)11-19-12-21(24-20(16(19)2)7-10-32-24)25(30)28-22-8-9-31-14-23(22)29/h3-6,12-13,22-23,25,28-30H,7-11,14H2,1-2H3/t22-,23-,25?/m0/s1. The van der Waals surface area contributed by atoms with Gasteiger partial charge < -0.3 is 19.7 Å². The fourth-order valence-electron chi connectivity index (χ4n) is 4.70. The number of rotatable bonds is 6. The molecule has 6 nitrogen and oxygen atoms in total. The van der Waals surface area contributed by atoms with Crippen LogP contribution in [0.5, 0.6) is 5.75 Å². The SMILES string of the molecule is Cc1cnc(-c2ccc(Cc3cc(C(O)N[C@H]4CCOC[C@@H]4O)c4c(c3C)CCO4)cc2)s1. The van der Waals surface area contributed by atoms with Crippen molar-refractivity contribution < 1.29 is 19.7 Å². The summed E-state index contributed by atoms with van der Waals surface area (Å²) >= 11 is 1.70. The molecule has 0 spiro atoms. The number of nitrogens with zero attached hydrogens (tertiary/aromatic N) is 1. The summed E-state index contributed by atoms with van der Waals surface area (Å²) in [7, 11) is 0. The molecular formula is C26H30N2O4S. The van der Waals surface area contributed by atoms with E-state index in [9.17, 15) is 10.2 Å². The van der Waals surface area contributed by atoms with Crippen LogP contribution in [0.25, 0.3) is 10.6 Å². The maximum atomic E-state index is 11.1. The maximum Gasteiger partial charge on any atom is 0.135 e. The van der Waals surface area contributed by atoms with Crippen LogP contribution in [0.1, 0.15) is 45.3 Å². The van der Waals surface area contributed by atoms with Crippen LogP contribution in [-0.4, -0.2) is 47.2 Å². The van der Waals surface area contributed by atoms with Crippen molar-refractivity contribution in [2.75, 3.05) is 19.8 Å². The Hall–Kier alpha value is -2.29. The molecule has 3 heterocycles. The number of ether oxygens (including phenoxy) is 2. The van der Waals surface area contributed by atoms with Crippen molar-refractivity contribution in [1.82, 2.24) is 10.3 Å². The Morgan fingerprint density at radius 3 is 2.76 bits per heavy atom.